The first-order chi connectivity index (χ1) is 16.0. The number of benzene rings is 2. The largest absolute Gasteiger partial charge is 0.385 e. The van der Waals surface area contributed by atoms with Crippen molar-refractivity contribution in [1.29, 1.82) is 0 Å². The Morgan fingerprint density at radius 1 is 1.06 bits per heavy atom. The Morgan fingerprint density at radius 2 is 1.76 bits per heavy atom. The van der Waals surface area contributed by atoms with Crippen LogP contribution in [-0.2, 0) is 15.1 Å². The van der Waals surface area contributed by atoms with Gasteiger partial charge in [-0.05, 0) is 62.3 Å². The minimum absolute atomic E-state index is 0.0311. The minimum atomic E-state index is -0.691. The molecule has 0 bridgehead atoms. The first-order valence-corrected chi connectivity index (χ1v) is 12.5. The first-order valence-electron chi connectivity index (χ1n) is 12.5. The van der Waals surface area contributed by atoms with Gasteiger partial charge in [0.15, 0.2) is 0 Å². The molecule has 1 saturated carbocycles. The molecule has 0 aromatic heterocycles. The summed E-state index contributed by atoms with van der Waals surface area (Å²) < 4.78 is 12.8. The second-order valence-corrected chi connectivity index (χ2v) is 9.97. The smallest absolute Gasteiger partial charge is 0.253 e. The topological polar surface area (TPSA) is 59.0 Å². The van der Waals surface area contributed by atoms with Crippen LogP contribution in [0.2, 0.25) is 0 Å². The highest BCUT2D eigenvalue weighted by Crippen LogP contribution is 2.44. The van der Waals surface area contributed by atoms with Gasteiger partial charge in [0.25, 0.3) is 5.91 Å². The van der Waals surface area contributed by atoms with Gasteiger partial charge in [-0.1, -0.05) is 42.5 Å². The quantitative estimate of drug-likeness (QED) is 0.699. The monoisotopic (exact) mass is 449 g/mol. The molecule has 1 spiro atoms. The highest BCUT2D eigenvalue weighted by atomic mass is 16.5. The van der Waals surface area contributed by atoms with E-state index in [1.54, 1.807) is 0 Å². The fraction of sp³-hybridized carbons (Fsp3) is 0.536. The van der Waals surface area contributed by atoms with Gasteiger partial charge >= 0.3 is 0 Å². The van der Waals surface area contributed by atoms with Gasteiger partial charge in [-0.15, -0.1) is 0 Å². The number of hydrogen-bond acceptors (Lipinski definition) is 4. The zero-order chi connectivity index (χ0) is 22.9. The summed E-state index contributed by atoms with van der Waals surface area (Å²) in [6.07, 6.45) is 6.30. The molecule has 1 N–H and O–H groups in total. The van der Waals surface area contributed by atoms with Crippen molar-refractivity contribution < 1.29 is 19.4 Å². The number of rotatable bonds is 5. The molecule has 2 unspecified atom stereocenters. The lowest BCUT2D eigenvalue weighted by atomic mass is 9.75. The van der Waals surface area contributed by atoms with Gasteiger partial charge in [-0.2, -0.15) is 0 Å². The maximum Gasteiger partial charge on any atom is 0.253 e. The minimum Gasteiger partial charge on any atom is -0.385 e. The normalized spacial score (nSPS) is 26.1. The third-order valence-corrected chi connectivity index (χ3v) is 7.85. The SMILES string of the molecule is CCOC1CC(c2ccccc2)OC2(CCN(C(=O)c3ccc(C4(O)CCC4)cc3)CC2)C1. The summed E-state index contributed by atoms with van der Waals surface area (Å²) in [5.74, 6) is 0.0637. The number of nitrogens with zero attached hydrogens (tertiary/aromatic N) is 1. The zero-order valence-corrected chi connectivity index (χ0v) is 19.5. The molecule has 2 heterocycles. The molecule has 176 valence electrons. The highest BCUT2D eigenvalue weighted by Gasteiger charge is 2.45. The third-order valence-electron chi connectivity index (χ3n) is 7.85. The van der Waals surface area contributed by atoms with Crippen LogP contribution in [0, 0.1) is 0 Å². The van der Waals surface area contributed by atoms with Crippen LogP contribution >= 0.6 is 0 Å². The summed E-state index contributed by atoms with van der Waals surface area (Å²) >= 11 is 0. The molecule has 3 aliphatic rings. The second kappa shape index (κ2) is 9.21. The van der Waals surface area contributed by atoms with Crippen LogP contribution in [0.5, 0.6) is 0 Å². The first kappa shape index (κ1) is 22.6. The Labute approximate surface area is 196 Å². The van der Waals surface area contributed by atoms with Crippen molar-refractivity contribution in [3.63, 3.8) is 0 Å². The molecule has 2 saturated heterocycles. The van der Waals surface area contributed by atoms with E-state index in [9.17, 15) is 9.90 Å². The number of piperidine rings is 1. The molecule has 1 amide bonds. The van der Waals surface area contributed by atoms with Gasteiger partial charge in [0.2, 0.25) is 0 Å². The summed E-state index contributed by atoms with van der Waals surface area (Å²) in [4.78, 5) is 15.1. The van der Waals surface area contributed by atoms with Gasteiger partial charge in [0.1, 0.15) is 0 Å². The number of carbonyl (C=O) groups is 1. The number of likely N-dealkylation sites (tertiary alicyclic amines) is 1. The molecular weight excluding hydrogens is 414 g/mol. The summed E-state index contributed by atoms with van der Waals surface area (Å²) in [6.45, 7) is 4.13. The Hall–Kier alpha value is -2.21. The van der Waals surface area contributed by atoms with E-state index in [1.165, 1.54) is 5.56 Å². The number of amides is 1. The molecule has 2 aromatic carbocycles. The van der Waals surface area contributed by atoms with Crippen LogP contribution in [0.4, 0.5) is 0 Å². The van der Waals surface area contributed by atoms with Crippen molar-refractivity contribution in [2.75, 3.05) is 19.7 Å². The fourth-order valence-electron chi connectivity index (χ4n) is 5.71. The van der Waals surface area contributed by atoms with E-state index in [0.717, 1.165) is 50.5 Å². The van der Waals surface area contributed by atoms with E-state index in [4.69, 9.17) is 9.47 Å². The molecule has 5 heteroatoms. The van der Waals surface area contributed by atoms with Crippen LogP contribution in [0.15, 0.2) is 54.6 Å². The van der Waals surface area contributed by atoms with Gasteiger partial charge in [0.05, 0.1) is 23.4 Å². The van der Waals surface area contributed by atoms with Gasteiger partial charge in [-0.3, -0.25) is 4.79 Å². The third kappa shape index (κ3) is 4.59. The average Bonchev–Trinajstić information content (AvgIpc) is 2.83. The molecule has 2 aliphatic heterocycles. The molecule has 1 aliphatic carbocycles. The molecule has 33 heavy (non-hydrogen) atoms. The number of hydrogen-bond donors (Lipinski definition) is 1. The van der Waals surface area contributed by atoms with Crippen molar-refractivity contribution in [2.24, 2.45) is 0 Å². The Kier molecular flexibility index (Phi) is 6.30. The van der Waals surface area contributed by atoms with Gasteiger partial charge in [-0.25, -0.2) is 0 Å². The lowest BCUT2D eigenvalue weighted by molar-refractivity contribution is -0.190. The maximum absolute atomic E-state index is 13.2. The van der Waals surface area contributed by atoms with Crippen molar-refractivity contribution in [2.45, 2.75) is 75.3 Å². The van der Waals surface area contributed by atoms with Gasteiger partial charge in [0, 0.05) is 38.1 Å². The van der Waals surface area contributed by atoms with E-state index in [-0.39, 0.29) is 23.7 Å². The van der Waals surface area contributed by atoms with Crippen LogP contribution in [0.25, 0.3) is 0 Å². The highest BCUT2D eigenvalue weighted by molar-refractivity contribution is 5.94. The van der Waals surface area contributed by atoms with Crippen LogP contribution in [-0.4, -0.2) is 47.3 Å². The fourth-order valence-corrected chi connectivity index (χ4v) is 5.71. The Bertz CT molecular complexity index is 946. The van der Waals surface area contributed by atoms with Crippen LogP contribution in [0.1, 0.15) is 79.5 Å². The molecule has 0 radical (unpaired) electrons. The maximum atomic E-state index is 13.2. The summed E-state index contributed by atoms with van der Waals surface area (Å²) in [6, 6.07) is 18.0. The number of ether oxygens (including phenoxy) is 2. The summed E-state index contributed by atoms with van der Waals surface area (Å²) in [5, 5.41) is 10.5. The second-order valence-electron chi connectivity index (χ2n) is 9.97. The summed E-state index contributed by atoms with van der Waals surface area (Å²) in [5.41, 5.74) is 1.88. The average molecular weight is 450 g/mol. The molecule has 2 aromatic rings. The molecule has 3 fully saturated rings. The zero-order valence-electron chi connectivity index (χ0n) is 19.5. The molecule has 5 rings (SSSR count). The lowest BCUT2D eigenvalue weighted by Crippen LogP contribution is -2.52. The van der Waals surface area contributed by atoms with Crippen molar-refractivity contribution in [3.05, 3.63) is 71.3 Å². The van der Waals surface area contributed by atoms with Crippen molar-refractivity contribution in [1.82, 2.24) is 4.90 Å². The summed E-state index contributed by atoms with van der Waals surface area (Å²) in [7, 11) is 0. The number of carbonyl (C=O) groups excluding carboxylic acids is 1. The van der Waals surface area contributed by atoms with E-state index in [1.807, 2.05) is 35.2 Å². The Balaban J connectivity index is 1.25. The van der Waals surface area contributed by atoms with E-state index in [2.05, 4.69) is 31.2 Å². The van der Waals surface area contributed by atoms with Crippen LogP contribution in [0.3, 0.4) is 0 Å². The predicted molar refractivity (Wildman–Crippen MR) is 127 cm³/mol. The van der Waals surface area contributed by atoms with Crippen molar-refractivity contribution >= 4 is 5.91 Å². The molecular formula is C28H35NO4. The van der Waals surface area contributed by atoms with E-state index in [0.29, 0.717) is 25.3 Å². The Morgan fingerprint density at radius 3 is 2.36 bits per heavy atom. The van der Waals surface area contributed by atoms with Crippen molar-refractivity contribution in [3.8, 4) is 0 Å². The molecule has 2 atom stereocenters. The van der Waals surface area contributed by atoms with Gasteiger partial charge < -0.3 is 19.5 Å². The predicted octanol–water partition coefficient (Wildman–Crippen LogP) is 4.99. The molecule has 5 nitrogen and oxygen atoms in total. The lowest BCUT2D eigenvalue weighted by Gasteiger charge is -2.48. The number of aliphatic hydroxyl groups is 1. The standard InChI is InChI=1S/C28H35NO4/c1-2-32-24-19-25(21-7-4-3-5-8-21)33-27(20-24)15-17-29(18-16-27)26(30)22-9-11-23(12-10-22)28(31)13-6-14-28/h3-5,7-12,24-25,31H,2,6,13-20H2,1H3. The van der Waals surface area contributed by atoms with E-state index >= 15 is 0 Å². The van der Waals surface area contributed by atoms with E-state index < -0.39 is 5.60 Å². The van der Waals surface area contributed by atoms with Crippen LogP contribution < -0.4 is 0 Å².